The number of likely N-dealkylation sites (N-methyl/N-ethyl adjacent to an activating group) is 1. The number of nitrogens with two attached hydrogens (primary N) is 1. The lowest BCUT2D eigenvalue weighted by atomic mass is 10.1. The van der Waals surface area contributed by atoms with Gasteiger partial charge in [0, 0.05) is 28.7 Å². The van der Waals surface area contributed by atoms with E-state index < -0.39 is 0 Å². The van der Waals surface area contributed by atoms with Crippen LogP contribution in [-0.4, -0.2) is 24.5 Å². The number of amides is 1. The largest absolute Gasteiger partial charge is 0.487 e. The van der Waals surface area contributed by atoms with Gasteiger partial charge in [-0.3, -0.25) is 4.79 Å². The minimum absolute atomic E-state index is 0.0997. The first-order valence-corrected chi connectivity index (χ1v) is 9.59. The van der Waals surface area contributed by atoms with Crippen molar-refractivity contribution in [2.45, 2.75) is 13.5 Å². The lowest BCUT2D eigenvalue weighted by Crippen LogP contribution is -2.32. The van der Waals surface area contributed by atoms with E-state index in [4.69, 9.17) is 45.3 Å². The summed E-state index contributed by atoms with van der Waals surface area (Å²) >= 11 is 19.1. The molecule has 0 atom stereocenters. The van der Waals surface area contributed by atoms with Crippen LogP contribution in [0.5, 0.6) is 5.75 Å². The Labute approximate surface area is 177 Å². The third-order valence-electron chi connectivity index (χ3n) is 4.33. The van der Waals surface area contributed by atoms with Gasteiger partial charge in [-0.25, -0.2) is 4.98 Å². The molecule has 8 heteroatoms. The summed E-state index contributed by atoms with van der Waals surface area (Å²) in [4.78, 5) is 17.8. The van der Waals surface area contributed by atoms with Crippen LogP contribution in [0.2, 0.25) is 15.1 Å². The van der Waals surface area contributed by atoms with E-state index in [1.807, 2.05) is 19.1 Å². The van der Waals surface area contributed by atoms with Gasteiger partial charge >= 0.3 is 0 Å². The highest BCUT2D eigenvalue weighted by Gasteiger charge is 2.18. The van der Waals surface area contributed by atoms with E-state index in [1.165, 1.54) is 4.90 Å². The van der Waals surface area contributed by atoms with Crippen LogP contribution in [0.4, 0.5) is 5.69 Å². The summed E-state index contributed by atoms with van der Waals surface area (Å²) < 4.78 is 5.98. The number of aromatic nitrogens is 1. The number of fused-ring (bicyclic) bond motifs is 1. The SMILES string of the molecule is Cc1cc(Cl)c2cccc(OCc3c(Cl)ccc(N(C)C(=O)CN)c3Cl)c2n1. The van der Waals surface area contributed by atoms with Crippen molar-refractivity contribution in [3.63, 3.8) is 0 Å². The van der Waals surface area contributed by atoms with Crippen LogP contribution in [0, 0.1) is 6.92 Å². The number of ether oxygens (including phenoxy) is 1. The Bertz CT molecular complexity index is 1060. The molecule has 3 rings (SSSR count). The first-order valence-electron chi connectivity index (χ1n) is 8.45. The molecule has 0 radical (unpaired) electrons. The van der Waals surface area contributed by atoms with E-state index in [0.717, 1.165) is 11.1 Å². The number of carbonyl (C=O) groups excluding carboxylic acids is 1. The van der Waals surface area contributed by atoms with Crippen molar-refractivity contribution in [2.24, 2.45) is 5.73 Å². The second-order valence-corrected chi connectivity index (χ2v) is 7.39. The van der Waals surface area contributed by atoms with Crippen molar-refractivity contribution in [3.8, 4) is 5.75 Å². The van der Waals surface area contributed by atoms with Gasteiger partial charge in [0.05, 0.1) is 22.3 Å². The normalized spacial score (nSPS) is 10.9. The number of aryl methyl sites for hydroxylation is 1. The second kappa shape index (κ2) is 8.53. The number of hydrogen-bond donors (Lipinski definition) is 1. The molecule has 5 nitrogen and oxygen atoms in total. The molecule has 1 aromatic heterocycles. The molecule has 2 aromatic carbocycles. The minimum atomic E-state index is -0.264. The molecule has 0 bridgehead atoms. The summed E-state index contributed by atoms with van der Waals surface area (Å²) in [5.41, 5.74) is 7.95. The molecular weight excluding hydrogens is 421 g/mol. The summed E-state index contributed by atoms with van der Waals surface area (Å²) in [6.07, 6.45) is 0. The number of anilines is 1. The average Bonchev–Trinajstić information content (AvgIpc) is 2.67. The van der Waals surface area contributed by atoms with E-state index in [9.17, 15) is 4.79 Å². The highest BCUT2D eigenvalue weighted by Crippen LogP contribution is 2.36. The maximum absolute atomic E-state index is 11.9. The fraction of sp³-hybridized carbons (Fsp3) is 0.200. The highest BCUT2D eigenvalue weighted by molar-refractivity contribution is 6.38. The zero-order valence-corrected chi connectivity index (χ0v) is 17.6. The number of hydrogen-bond acceptors (Lipinski definition) is 4. The summed E-state index contributed by atoms with van der Waals surface area (Å²) in [7, 11) is 1.61. The molecule has 0 aliphatic heterocycles. The standard InChI is InChI=1S/C20H18Cl3N3O2/c1-11-8-15(22)12-4-3-5-17(20(12)25-11)28-10-13-14(21)6-7-16(19(13)23)26(2)18(27)9-24/h3-8H,9-10,24H2,1-2H3. The van der Waals surface area contributed by atoms with Crippen molar-refractivity contribution >= 4 is 57.3 Å². The van der Waals surface area contributed by atoms with Crippen molar-refractivity contribution in [2.75, 3.05) is 18.5 Å². The molecular formula is C20H18Cl3N3O2. The van der Waals surface area contributed by atoms with Gasteiger partial charge in [0.2, 0.25) is 5.91 Å². The van der Waals surface area contributed by atoms with Gasteiger partial charge in [0.1, 0.15) is 17.9 Å². The summed E-state index contributed by atoms with van der Waals surface area (Å²) in [5.74, 6) is 0.298. The van der Waals surface area contributed by atoms with Gasteiger partial charge in [-0.1, -0.05) is 46.9 Å². The van der Waals surface area contributed by atoms with Crippen LogP contribution in [0.25, 0.3) is 10.9 Å². The lowest BCUT2D eigenvalue weighted by Gasteiger charge is -2.20. The highest BCUT2D eigenvalue weighted by atomic mass is 35.5. The van der Waals surface area contributed by atoms with Crippen molar-refractivity contribution in [3.05, 3.63) is 62.7 Å². The Balaban J connectivity index is 1.96. The Morgan fingerprint density at radius 3 is 2.64 bits per heavy atom. The molecule has 0 fully saturated rings. The van der Waals surface area contributed by atoms with Gasteiger partial charge < -0.3 is 15.4 Å². The monoisotopic (exact) mass is 437 g/mol. The molecule has 28 heavy (non-hydrogen) atoms. The van der Waals surface area contributed by atoms with E-state index in [1.54, 1.807) is 31.3 Å². The topological polar surface area (TPSA) is 68.5 Å². The Kier molecular flexibility index (Phi) is 6.30. The third kappa shape index (κ3) is 4.03. The lowest BCUT2D eigenvalue weighted by molar-refractivity contribution is -0.117. The summed E-state index contributed by atoms with van der Waals surface area (Å²) in [6.45, 7) is 1.84. The Morgan fingerprint density at radius 2 is 1.93 bits per heavy atom. The molecule has 0 aliphatic rings. The van der Waals surface area contributed by atoms with Gasteiger partial charge in [-0.05, 0) is 31.2 Å². The smallest absolute Gasteiger partial charge is 0.240 e. The summed E-state index contributed by atoms with van der Waals surface area (Å²) in [6, 6.07) is 10.7. The first kappa shape index (κ1) is 20.7. The van der Waals surface area contributed by atoms with Gasteiger partial charge in [-0.2, -0.15) is 0 Å². The van der Waals surface area contributed by atoms with Crippen molar-refractivity contribution in [1.29, 1.82) is 0 Å². The van der Waals surface area contributed by atoms with Crippen molar-refractivity contribution < 1.29 is 9.53 Å². The minimum Gasteiger partial charge on any atom is -0.487 e. The summed E-state index contributed by atoms with van der Waals surface area (Å²) in [5, 5.41) is 2.17. The predicted molar refractivity (Wildman–Crippen MR) is 115 cm³/mol. The van der Waals surface area contributed by atoms with E-state index in [2.05, 4.69) is 4.98 Å². The average molecular weight is 439 g/mol. The molecule has 146 valence electrons. The molecule has 0 saturated carbocycles. The van der Waals surface area contributed by atoms with Crippen LogP contribution >= 0.6 is 34.8 Å². The number of pyridine rings is 1. The molecule has 0 saturated heterocycles. The number of benzene rings is 2. The first-order chi connectivity index (χ1) is 13.3. The molecule has 0 unspecified atom stereocenters. The van der Waals surface area contributed by atoms with Crippen LogP contribution in [0.1, 0.15) is 11.3 Å². The molecule has 3 aromatic rings. The second-order valence-electron chi connectivity index (χ2n) is 6.20. The van der Waals surface area contributed by atoms with Crippen LogP contribution in [0.3, 0.4) is 0 Å². The Hall–Kier alpha value is -2.05. The molecule has 0 spiro atoms. The fourth-order valence-corrected chi connectivity index (χ4v) is 3.73. The number of halogens is 3. The van der Waals surface area contributed by atoms with Gasteiger partial charge in [-0.15, -0.1) is 0 Å². The van der Waals surface area contributed by atoms with Gasteiger partial charge in [0.15, 0.2) is 0 Å². The van der Waals surface area contributed by atoms with Crippen LogP contribution in [-0.2, 0) is 11.4 Å². The maximum Gasteiger partial charge on any atom is 0.240 e. The van der Waals surface area contributed by atoms with E-state index >= 15 is 0 Å². The molecule has 1 amide bonds. The van der Waals surface area contributed by atoms with Crippen LogP contribution in [0.15, 0.2) is 36.4 Å². The molecule has 0 aliphatic carbocycles. The molecule has 1 heterocycles. The van der Waals surface area contributed by atoms with Crippen molar-refractivity contribution in [1.82, 2.24) is 4.98 Å². The zero-order chi connectivity index (χ0) is 20.4. The number of nitrogens with zero attached hydrogens (tertiary/aromatic N) is 2. The predicted octanol–water partition coefficient (Wildman–Crippen LogP) is 5.00. The Morgan fingerprint density at radius 1 is 1.18 bits per heavy atom. The van der Waals surface area contributed by atoms with Crippen LogP contribution < -0.4 is 15.4 Å². The van der Waals surface area contributed by atoms with E-state index in [0.29, 0.717) is 37.6 Å². The number of rotatable bonds is 5. The fourth-order valence-electron chi connectivity index (χ4n) is 2.81. The quantitative estimate of drug-likeness (QED) is 0.608. The zero-order valence-electron chi connectivity index (χ0n) is 15.3. The van der Waals surface area contributed by atoms with E-state index in [-0.39, 0.29) is 19.1 Å². The maximum atomic E-state index is 11.9. The number of carbonyl (C=O) groups is 1. The molecule has 2 N–H and O–H groups in total. The number of para-hydroxylation sites is 1. The third-order valence-corrected chi connectivity index (χ3v) is 5.42. The van der Waals surface area contributed by atoms with Gasteiger partial charge in [0.25, 0.3) is 0 Å².